The molecule has 7 heteroatoms. The van der Waals surface area contributed by atoms with Crippen molar-refractivity contribution in [2.24, 2.45) is 0 Å². The first kappa shape index (κ1) is 18.2. The van der Waals surface area contributed by atoms with Gasteiger partial charge in [-0.25, -0.2) is 4.98 Å². The summed E-state index contributed by atoms with van der Waals surface area (Å²) in [6.45, 7) is 0. The van der Waals surface area contributed by atoms with Crippen LogP contribution in [0.1, 0.15) is 5.56 Å². The average Bonchev–Trinajstić information content (AvgIpc) is 2.75. The molecule has 0 saturated carbocycles. The summed E-state index contributed by atoms with van der Waals surface area (Å²) in [7, 11) is 0. The minimum Gasteiger partial charge on any atom is -0.436 e. The highest BCUT2D eigenvalue weighted by Crippen LogP contribution is 2.33. The molecular weight excluding hydrogens is 366 g/mol. The Hall–Kier alpha value is -4.13. The average molecular weight is 385 g/mol. The number of nitrogens with two attached hydrogens (primary N) is 1. The Morgan fingerprint density at radius 1 is 0.931 bits per heavy atom. The Morgan fingerprint density at radius 3 is 2.55 bits per heavy atom. The lowest BCUT2D eigenvalue weighted by Gasteiger charge is -2.13. The van der Waals surface area contributed by atoms with Crippen LogP contribution in [-0.4, -0.2) is 15.9 Å². The molecule has 1 aromatic heterocycles. The number of ether oxygens (including phenoxy) is 1. The van der Waals surface area contributed by atoms with Gasteiger partial charge in [0.05, 0.1) is 6.42 Å². The number of aromatic nitrogens is 2. The Balaban J connectivity index is 1.48. The molecule has 3 aromatic carbocycles. The second-order valence-corrected chi connectivity index (χ2v) is 6.36. The number of nitrogen functional groups attached to an aromatic ring is 1. The van der Waals surface area contributed by atoms with E-state index in [0.717, 1.165) is 16.3 Å². The van der Waals surface area contributed by atoms with Crippen LogP contribution in [-0.2, 0) is 11.2 Å². The van der Waals surface area contributed by atoms with Crippen molar-refractivity contribution >= 4 is 28.2 Å². The maximum Gasteiger partial charge on any atom is 0.248 e. The molecule has 4 N–H and O–H groups in total. The zero-order chi connectivity index (χ0) is 20.1. The quantitative estimate of drug-likeness (QED) is 0.438. The first-order chi connectivity index (χ1) is 14.2. The van der Waals surface area contributed by atoms with E-state index in [0.29, 0.717) is 5.75 Å². The van der Waals surface area contributed by atoms with Gasteiger partial charge in [0, 0.05) is 5.39 Å². The van der Waals surface area contributed by atoms with Gasteiger partial charge in [-0.2, -0.15) is 4.98 Å². The van der Waals surface area contributed by atoms with E-state index in [1.165, 1.54) is 6.33 Å². The van der Waals surface area contributed by atoms with Gasteiger partial charge in [-0.05, 0) is 17.0 Å². The molecular formula is C22H19N5O2. The van der Waals surface area contributed by atoms with E-state index < -0.39 is 0 Å². The number of hydrazine groups is 1. The zero-order valence-corrected chi connectivity index (χ0v) is 15.5. The molecule has 0 aliphatic heterocycles. The van der Waals surface area contributed by atoms with Gasteiger partial charge in [0.2, 0.25) is 11.8 Å². The number of hydrogen-bond donors (Lipinski definition) is 3. The Labute approximate surface area is 167 Å². The summed E-state index contributed by atoms with van der Waals surface area (Å²) in [5, 5.41) is 1.99. The fourth-order valence-electron chi connectivity index (χ4n) is 2.90. The number of hydrogen-bond acceptors (Lipinski definition) is 6. The van der Waals surface area contributed by atoms with Crippen LogP contribution in [0.4, 0.5) is 11.5 Å². The number of nitrogens with one attached hydrogen (secondary N) is 2. The number of amides is 1. The largest absolute Gasteiger partial charge is 0.436 e. The molecule has 0 aliphatic carbocycles. The molecule has 7 nitrogen and oxygen atoms in total. The number of fused-ring (bicyclic) bond motifs is 1. The third kappa shape index (κ3) is 4.24. The van der Waals surface area contributed by atoms with E-state index >= 15 is 0 Å². The zero-order valence-electron chi connectivity index (χ0n) is 15.5. The minimum absolute atomic E-state index is 0.195. The molecule has 144 valence electrons. The molecule has 1 heterocycles. The molecule has 4 rings (SSSR count). The van der Waals surface area contributed by atoms with Crippen LogP contribution >= 0.6 is 0 Å². The summed E-state index contributed by atoms with van der Waals surface area (Å²) in [5.41, 5.74) is 12.6. The summed E-state index contributed by atoms with van der Waals surface area (Å²) < 4.78 is 5.94. The van der Waals surface area contributed by atoms with Crippen molar-refractivity contribution in [3.8, 4) is 11.6 Å². The van der Waals surface area contributed by atoms with E-state index in [1.54, 1.807) is 0 Å². The molecule has 0 fully saturated rings. The third-order valence-electron chi connectivity index (χ3n) is 4.33. The highest BCUT2D eigenvalue weighted by molar-refractivity contribution is 5.88. The van der Waals surface area contributed by atoms with Crippen molar-refractivity contribution in [1.82, 2.24) is 15.4 Å². The number of rotatable bonds is 6. The van der Waals surface area contributed by atoms with E-state index in [2.05, 4.69) is 20.8 Å². The minimum atomic E-state index is -0.217. The lowest BCUT2D eigenvalue weighted by atomic mass is 10.1. The van der Waals surface area contributed by atoms with Gasteiger partial charge in [-0.1, -0.05) is 66.7 Å². The van der Waals surface area contributed by atoms with Crippen LogP contribution in [0.5, 0.6) is 11.6 Å². The number of carbonyl (C=O) groups excluding carboxylic acids is 1. The first-order valence-electron chi connectivity index (χ1n) is 9.05. The lowest BCUT2D eigenvalue weighted by Crippen LogP contribution is -2.31. The van der Waals surface area contributed by atoms with Gasteiger partial charge in [-0.15, -0.1) is 0 Å². The summed E-state index contributed by atoms with van der Waals surface area (Å²) in [4.78, 5) is 20.3. The summed E-state index contributed by atoms with van der Waals surface area (Å²) in [6, 6.07) is 23.1. The van der Waals surface area contributed by atoms with E-state index in [-0.39, 0.29) is 29.7 Å². The maximum absolute atomic E-state index is 12.1. The van der Waals surface area contributed by atoms with Crippen LogP contribution < -0.4 is 21.3 Å². The molecule has 0 radical (unpaired) electrons. The monoisotopic (exact) mass is 385 g/mol. The smallest absolute Gasteiger partial charge is 0.248 e. The lowest BCUT2D eigenvalue weighted by molar-refractivity contribution is -0.119. The van der Waals surface area contributed by atoms with Crippen molar-refractivity contribution in [3.05, 3.63) is 84.7 Å². The Bertz CT molecular complexity index is 1140. The van der Waals surface area contributed by atoms with E-state index in [4.69, 9.17) is 10.5 Å². The van der Waals surface area contributed by atoms with Crippen molar-refractivity contribution < 1.29 is 9.53 Å². The van der Waals surface area contributed by atoms with Crippen LogP contribution in [0.25, 0.3) is 10.8 Å². The van der Waals surface area contributed by atoms with Crippen molar-refractivity contribution in [2.45, 2.75) is 6.42 Å². The van der Waals surface area contributed by atoms with E-state index in [1.807, 2.05) is 72.8 Å². The molecule has 0 spiro atoms. The third-order valence-corrected chi connectivity index (χ3v) is 4.33. The summed E-state index contributed by atoms with van der Waals surface area (Å²) >= 11 is 0. The van der Waals surface area contributed by atoms with Crippen molar-refractivity contribution in [2.75, 3.05) is 11.2 Å². The molecule has 0 bridgehead atoms. The predicted molar refractivity (Wildman–Crippen MR) is 112 cm³/mol. The number of carbonyl (C=O) groups is 1. The molecule has 0 saturated heterocycles. The van der Waals surface area contributed by atoms with Gasteiger partial charge >= 0.3 is 0 Å². The Morgan fingerprint density at radius 2 is 1.69 bits per heavy atom. The predicted octanol–water partition coefficient (Wildman–Crippen LogP) is 3.69. The SMILES string of the molecule is Nc1c(NNC(=O)Cc2ccccc2)ncnc1Oc1cccc2ccccc12. The second kappa shape index (κ2) is 8.26. The molecule has 29 heavy (non-hydrogen) atoms. The molecule has 4 aromatic rings. The highest BCUT2D eigenvalue weighted by atomic mass is 16.5. The van der Waals surface area contributed by atoms with Gasteiger partial charge < -0.3 is 10.5 Å². The van der Waals surface area contributed by atoms with Gasteiger partial charge in [-0.3, -0.25) is 15.6 Å². The van der Waals surface area contributed by atoms with Crippen molar-refractivity contribution in [3.63, 3.8) is 0 Å². The van der Waals surface area contributed by atoms with Crippen LogP contribution in [0.2, 0.25) is 0 Å². The maximum atomic E-state index is 12.1. The second-order valence-electron chi connectivity index (χ2n) is 6.36. The van der Waals surface area contributed by atoms with Gasteiger partial charge in [0.25, 0.3) is 0 Å². The van der Waals surface area contributed by atoms with Crippen LogP contribution in [0, 0.1) is 0 Å². The fourth-order valence-corrected chi connectivity index (χ4v) is 2.90. The summed E-state index contributed by atoms with van der Waals surface area (Å²) in [5.74, 6) is 0.881. The topological polar surface area (TPSA) is 102 Å². The van der Waals surface area contributed by atoms with Crippen LogP contribution in [0.15, 0.2) is 79.1 Å². The Kier molecular flexibility index (Phi) is 5.20. The van der Waals surface area contributed by atoms with Crippen LogP contribution in [0.3, 0.4) is 0 Å². The number of benzene rings is 3. The van der Waals surface area contributed by atoms with Gasteiger partial charge in [0.15, 0.2) is 5.82 Å². The normalized spacial score (nSPS) is 10.5. The summed E-state index contributed by atoms with van der Waals surface area (Å²) in [6.07, 6.45) is 1.56. The standard InChI is InChI=1S/C22H19N5O2/c23-20-21(27-26-19(28)13-15-7-2-1-3-8-15)24-14-25-22(20)29-18-12-6-10-16-9-4-5-11-17(16)18/h1-12,14H,13,23H2,(H,26,28)(H,24,25,27). The molecule has 1 amide bonds. The number of nitrogens with zero attached hydrogens (tertiary/aromatic N) is 2. The molecule has 0 atom stereocenters. The van der Waals surface area contributed by atoms with E-state index in [9.17, 15) is 4.79 Å². The molecule has 0 aliphatic rings. The van der Waals surface area contributed by atoms with Crippen molar-refractivity contribution in [1.29, 1.82) is 0 Å². The molecule has 0 unspecified atom stereocenters. The first-order valence-corrected chi connectivity index (χ1v) is 9.05. The highest BCUT2D eigenvalue weighted by Gasteiger charge is 2.13. The number of anilines is 2. The van der Waals surface area contributed by atoms with Gasteiger partial charge in [0.1, 0.15) is 17.8 Å². The fraction of sp³-hybridized carbons (Fsp3) is 0.0455.